The topological polar surface area (TPSA) is 78.4 Å². The summed E-state index contributed by atoms with van der Waals surface area (Å²) in [6.07, 6.45) is 2.40. The maximum Gasteiger partial charge on any atom is 0.272 e. The molecule has 0 aliphatic carbocycles. The first-order valence-electron chi connectivity index (χ1n) is 8.23. The van der Waals surface area contributed by atoms with Gasteiger partial charge in [0.1, 0.15) is 5.69 Å². The first-order chi connectivity index (χ1) is 12.1. The highest BCUT2D eigenvalue weighted by atomic mass is 16.2. The van der Waals surface area contributed by atoms with E-state index in [2.05, 4.69) is 21.4 Å². The maximum atomic E-state index is 12.6. The van der Waals surface area contributed by atoms with Gasteiger partial charge in [-0.2, -0.15) is 0 Å². The van der Waals surface area contributed by atoms with Crippen molar-refractivity contribution in [3.63, 3.8) is 0 Å². The molecule has 0 bridgehead atoms. The van der Waals surface area contributed by atoms with Gasteiger partial charge in [0, 0.05) is 38.1 Å². The van der Waals surface area contributed by atoms with Gasteiger partial charge in [-0.3, -0.25) is 9.59 Å². The minimum atomic E-state index is -0.142. The van der Waals surface area contributed by atoms with Crippen LogP contribution in [0.3, 0.4) is 0 Å². The van der Waals surface area contributed by atoms with Gasteiger partial charge in [-0.1, -0.05) is 17.7 Å². The van der Waals surface area contributed by atoms with Crippen LogP contribution in [-0.4, -0.2) is 58.3 Å². The number of rotatable bonds is 4. The van der Waals surface area contributed by atoms with E-state index in [0.29, 0.717) is 37.8 Å². The molecular formula is C18H21N5O2. The monoisotopic (exact) mass is 339 g/mol. The largest absolute Gasteiger partial charge is 0.342 e. The zero-order valence-electron chi connectivity index (χ0n) is 14.4. The molecule has 1 aromatic heterocycles. The molecule has 7 heteroatoms. The molecule has 0 saturated carbocycles. The van der Waals surface area contributed by atoms with E-state index in [9.17, 15) is 9.59 Å². The first-order valence-corrected chi connectivity index (χ1v) is 8.23. The Balaban J connectivity index is 1.73. The van der Waals surface area contributed by atoms with Gasteiger partial charge in [-0.25, -0.2) is 9.97 Å². The average Bonchev–Trinajstić information content (AvgIpc) is 2.64. The molecule has 3 rings (SSSR count). The number of nitrogens with zero attached hydrogens (tertiary/aromatic N) is 4. The zero-order chi connectivity index (χ0) is 17.8. The molecule has 2 heterocycles. The van der Waals surface area contributed by atoms with Gasteiger partial charge in [-0.15, -0.1) is 0 Å². The van der Waals surface area contributed by atoms with Crippen LogP contribution in [0.4, 0.5) is 11.6 Å². The van der Waals surface area contributed by atoms with Gasteiger partial charge in [0.05, 0.1) is 0 Å². The van der Waals surface area contributed by atoms with Gasteiger partial charge in [0.15, 0.2) is 0 Å². The maximum absolute atomic E-state index is 12.6. The van der Waals surface area contributed by atoms with E-state index in [0.717, 1.165) is 17.7 Å². The van der Waals surface area contributed by atoms with Crippen LogP contribution in [-0.2, 0) is 4.79 Å². The van der Waals surface area contributed by atoms with Crippen LogP contribution >= 0.6 is 0 Å². The van der Waals surface area contributed by atoms with E-state index in [1.807, 2.05) is 26.0 Å². The predicted octanol–water partition coefficient (Wildman–Crippen LogP) is 1.75. The van der Waals surface area contributed by atoms with E-state index in [1.165, 1.54) is 5.56 Å². The van der Waals surface area contributed by atoms with Crippen LogP contribution in [0.15, 0.2) is 30.5 Å². The molecule has 0 atom stereocenters. The Kier molecular flexibility index (Phi) is 4.92. The summed E-state index contributed by atoms with van der Waals surface area (Å²) in [5.41, 5.74) is 3.53. The second kappa shape index (κ2) is 7.29. The molecule has 1 aromatic carbocycles. The van der Waals surface area contributed by atoms with Crippen LogP contribution in [0.2, 0.25) is 0 Å². The van der Waals surface area contributed by atoms with Crippen molar-refractivity contribution in [1.29, 1.82) is 0 Å². The molecule has 1 N–H and O–H groups in total. The van der Waals surface area contributed by atoms with Crippen molar-refractivity contribution in [2.75, 3.05) is 31.5 Å². The van der Waals surface area contributed by atoms with E-state index < -0.39 is 0 Å². The molecule has 7 nitrogen and oxygen atoms in total. The molecule has 1 aliphatic heterocycles. The molecule has 1 aliphatic rings. The summed E-state index contributed by atoms with van der Waals surface area (Å²) in [5, 5.41) is 3.17. The SMILES string of the molecule is Cc1ccc(Nc2nccc(C(=O)N3CCN(C=O)CC3)n2)c(C)c1. The molecule has 25 heavy (non-hydrogen) atoms. The third kappa shape index (κ3) is 3.93. The number of nitrogens with one attached hydrogen (secondary N) is 1. The lowest BCUT2D eigenvalue weighted by Crippen LogP contribution is -2.48. The summed E-state index contributed by atoms with van der Waals surface area (Å²) >= 11 is 0. The average molecular weight is 339 g/mol. The van der Waals surface area contributed by atoms with E-state index in [1.54, 1.807) is 22.1 Å². The van der Waals surface area contributed by atoms with Crippen molar-refractivity contribution in [3.8, 4) is 0 Å². The molecule has 0 spiro atoms. The Hall–Kier alpha value is -2.96. The number of carbonyl (C=O) groups is 2. The third-order valence-electron chi connectivity index (χ3n) is 4.25. The minimum absolute atomic E-state index is 0.142. The van der Waals surface area contributed by atoms with Crippen molar-refractivity contribution in [2.45, 2.75) is 13.8 Å². The van der Waals surface area contributed by atoms with Crippen LogP contribution in [0, 0.1) is 13.8 Å². The van der Waals surface area contributed by atoms with Crippen molar-refractivity contribution >= 4 is 24.0 Å². The lowest BCUT2D eigenvalue weighted by molar-refractivity contribution is -0.119. The molecule has 1 fully saturated rings. The summed E-state index contributed by atoms with van der Waals surface area (Å²) < 4.78 is 0. The van der Waals surface area contributed by atoms with Crippen LogP contribution in [0.5, 0.6) is 0 Å². The molecule has 2 amide bonds. The van der Waals surface area contributed by atoms with Gasteiger partial charge in [0.25, 0.3) is 5.91 Å². The summed E-state index contributed by atoms with van der Waals surface area (Å²) in [6, 6.07) is 7.67. The number of piperazine rings is 1. The second-order valence-electron chi connectivity index (χ2n) is 6.14. The molecule has 0 unspecified atom stereocenters. The van der Waals surface area contributed by atoms with Gasteiger partial charge in [0.2, 0.25) is 12.4 Å². The molecule has 2 aromatic rings. The number of benzene rings is 1. The Labute approximate surface area is 146 Å². The summed E-state index contributed by atoms with van der Waals surface area (Å²) in [5.74, 6) is 0.251. The normalized spacial score (nSPS) is 14.3. The molecular weight excluding hydrogens is 318 g/mol. The molecule has 130 valence electrons. The van der Waals surface area contributed by atoms with Crippen molar-refractivity contribution in [2.24, 2.45) is 0 Å². The lowest BCUT2D eigenvalue weighted by Gasteiger charge is -2.32. The summed E-state index contributed by atoms with van der Waals surface area (Å²) in [6.45, 7) is 6.18. The highest BCUT2D eigenvalue weighted by Gasteiger charge is 2.22. The smallest absolute Gasteiger partial charge is 0.272 e. The predicted molar refractivity (Wildman–Crippen MR) is 94.8 cm³/mol. The van der Waals surface area contributed by atoms with Gasteiger partial charge in [-0.05, 0) is 31.5 Å². The highest BCUT2D eigenvalue weighted by molar-refractivity contribution is 5.92. The quantitative estimate of drug-likeness (QED) is 0.859. The van der Waals surface area contributed by atoms with Gasteiger partial charge < -0.3 is 15.1 Å². The van der Waals surface area contributed by atoms with Crippen molar-refractivity contribution < 1.29 is 9.59 Å². The number of hydrogen-bond acceptors (Lipinski definition) is 5. The Bertz CT molecular complexity index is 785. The Morgan fingerprint density at radius 1 is 1.16 bits per heavy atom. The number of aryl methyl sites for hydroxylation is 2. The van der Waals surface area contributed by atoms with Crippen LogP contribution in [0.25, 0.3) is 0 Å². The lowest BCUT2D eigenvalue weighted by atomic mass is 10.1. The standard InChI is InChI=1S/C18H21N5O2/c1-13-3-4-15(14(2)11-13)20-18-19-6-5-16(21-18)17(25)23-9-7-22(12-24)8-10-23/h3-6,11-12H,7-10H2,1-2H3,(H,19,20,21). The van der Waals surface area contributed by atoms with Crippen molar-refractivity contribution in [3.05, 3.63) is 47.3 Å². The second-order valence-corrected chi connectivity index (χ2v) is 6.14. The fraction of sp³-hybridized carbons (Fsp3) is 0.333. The van der Waals surface area contributed by atoms with E-state index in [-0.39, 0.29) is 5.91 Å². The summed E-state index contributed by atoms with van der Waals surface area (Å²) in [7, 11) is 0. The van der Waals surface area contributed by atoms with Crippen LogP contribution < -0.4 is 5.32 Å². The number of hydrogen-bond donors (Lipinski definition) is 1. The van der Waals surface area contributed by atoms with Gasteiger partial charge >= 0.3 is 0 Å². The summed E-state index contributed by atoms with van der Waals surface area (Å²) in [4.78, 5) is 35.3. The fourth-order valence-electron chi connectivity index (χ4n) is 2.80. The molecule has 1 saturated heterocycles. The minimum Gasteiger partial charge on any atom is -0.342 e. The van der Waals surface area contributed by atoms with E-state index in [4.69, 9.17) is 0 Å². The molecule has 0 radical (unpaired) electrons. The number of carbonyl (C=O) groups excluding carboxylic acids is 2. The zero-order valence-corrected chi connectivity index (χ0v) is 14.4. The van der Waals surface area contributed by atoms with Crippen molar-refractivity contribution in [1.82, 2.24) is 19.8 Å². The number of amides is 2. The Morgan fingerprint density at radius 2 is 1.92 bits per heavy atom. The first kappa shape index (κ1) is 16.9. The van der Waals surface area contributed by atoms with Crippen LogP contribution in [0.1, 0.15) is 21.6 Å². The Morgan fingerprint density at radius 3 is 2.60 bits per heavy atom. The number of aromatic nitrogens is 2. The fourth-order valence-corrected chi connectivity index (χ4v) is 2.80. The number of anilines is 2. The third-order valence-corrected chi connectivity index (χ3v) is 4.25. The highest BCUT2D eigenvalue weighted by Crippen LogP contribution is 2.19. The van der Waals surface area contributed by atoms with E-state index >= 15 is 0 Å².